The highest BCUT2D eigenvalue weighted by atomic mass is 16.4. The second kappa shape index (κ2) is 6.12. The molecule has 0 saturated carbocycles. The Bertz CT molecular complexity index is 943. The van der Waals surface area contributed by atoms with E-state index in [0.29, 0.717) is 17.5 Å². The van der Waals surface area contributed by atoms with E-state index in [1.54, 1.807) is 12.1 Å². The molecule has 1 heterocycles. The molecule has 5 nitrogen and oxygen atoms in total. The van der Waals surface area contributed by atoms with E-state index >= 15 is 0 Å². The lowest BCUT2D eigenvalue weighted by Gasteiger charge is -2.06. The molecule has 3 rings (SSSR count). The third-order valence-corrected chi connectivity index (χ3v) is 3.78. The van der Waals surface area contributed by atoms with Crippen molar-refractivity contribution in [2.45, 2.75) is 19.8 Å². The summed E-state index contributed by atoms with van der Waals surface area (Å²) in [6.45, 7) is 2.10. The third-order valence-electron chi connectivity index (χ3n) is 3.78. The lowest BCUT2D eigenvalue weighted by atomic mass is 10.0. The van der Waals surface area contributed by atoms with Gasteiger partial charge >= 0.3 is 5.63 Å². The Morgan fingerprint density at radius 1 is 1.13 bits per heavy atom. The van der Waals surface area contributed by atoms with Crippen LogP contribution in [0.25, 0.3) is 21.7 Å². The number of rotatable bonds is 4. The van der Waals surface area contributed by atoms with Crippen LogP contribution in [0, 0.1) is 0 Å². The van der Waals surface area contributed by atoms with E-state index in [1.807, 2.05) is 18.2 Å². The van der Waals surface area contributed by atoms with Crippen molar-refractivity contribution < 1.29 is 14.3 Å². The maximum Gasteiger partial charge on any atom is 0.344 e. The molecule has 23 heavy (non-hydrogen) atoms. The molecule has 0 aliphatic carbocycles. The number of aromatic hydroxyl groups is 1. The second-order valence-corrected chi connectivity index (χ2v) is 5.54. The number of aryl methyl sites for hydroxylation is 1. The Kier molecular flexibility index (Phi) is 4.02. The van der Waals surface area contributed by atoms with Crippen LogP contribution in [0.5, 0.6) is 5.75 Å². The first-order valence-electron chi connectivity index (χ1n) is 7.47. The van der Waals surface area contributed by atoms with Gasteiger partial charge in [0.05, 0.1) is 5.39 Å². The summed E-state index contributed by atoms with van der Waals surface area (Å²) in [6.07, 6.45) is 1.57. The number of phenolic OH excluding ortho intramolecular Hbond substituents is 1. The molecular formula is C18H17NO4. The van der Waals surface area contributed by atoms with Crippen LogP contribution in [-0.4, -0.2) is 17.6 Å². The first-order valence-corrected chi connectivity index (χ1v) is 7.47. The molecule has 0 bridgehead atoms. The third kappa shape index (κ3) is 3.18. The highest BCUT2D eigenvalue weighted by Crippen LogP contribution is 2.26. The zero-order chi connectivity index (χ0) is 16.4. The number of carbonyl (C=O) groups excluding carboxylic acids is 1. The molecule has 0 spiro atoms. The number of fused-ring (bicyclic) bond motifs is 3. The molecule has 0 atom stereocenters. The van der Waals surface area contributed by atoms with Crippen molar-refractivity contribution in [2.24, 2.45) is 0 Å². The summed E-state index contributed by atoms with van der Waals surface area (Å²) in [4.78, 5) is 23.0. The number of hydrogen-bond donors (Lipinski definition) is 2. The number of amides is 1. The second-order valence-electron chi connectivity index (χ2n) is 5.54. The van der Waals surface area contributed by atoms with E-state index in [4.69, 9.17) is 4.42 Å². The zero-order valence-electron chi connectivity index (χ0n) is 12.8. The lowest BCUT2D eigenvalue weighted by Crippen LogP contribution is -2.21. The Morgan fingerprint density at radius 3 is 2.70 bits per heavy atom. The maximum atomic E-state index is 12.2. The zero-order valence-corrected chi connectivity index (χ0v) is 12.8. The van der Waals surface area contributed by atoms with Gasteiger partial charge in [0.2, 0.25) is 5.91 Å². The minimum atomic E-state index is -0.415. The van der Waals surface area contributed by atoms with Crippen LogP contribution >= 0.6 is 0 Å². The molecule has 2 aromatic carbocycles. The molecule has 0 aliphatic rings. The lowest BCUT2D eigenvalue weighted by molar-refractivity contribution is -0.118. The topological polar surface area (TPSA) is 79.5 Å². The Hall–Kier alpha value is -2.82. The predicted molar refractivity (Wildman–Crippen MR) is 88.7 cm³/mol. The number of phenols is 1. The standard InChI is InChI=1S/C18H17NO4/c1-11(20)19-8-2-3-12-4-6-14-15-7-5-13(21)10-17(15)23-18(22)16(14)9-12/h4-7,9-10,21H,2-3,8H2,1H3,(H,19,20). The smallest absolute Gasteiger partial charge is 0.344 e. The summed E-state index contributed by atoms with van der Waals surface area (Å²) in [5.41, 5.74) is 0.982. The molecule has 1 amide bonds. The van der Waals surface area contributed by atoms with Crippen molar-refractivity contribution >= 4 is 27.6 Å². The van der Waals surface area contributed by atoms with Crippen LogP contribution in [-0.2, 0) is 11.2 Å². The molecule has 0 aliphatic heterocycles. The van der Waals surface area contributed by atoms with E-state index in [9.17, 15) is 14.7 Å². The van der Waals surface area contributed by atoms with Gasteiger partial charge in [0.1, 0.15) is 11.3 Å². The molecule has 3 aromatic rings. The average molecular weight is 311 g/mol. The Balaban J connectivity index is 1.95. The first kappa shape index (κ1) is 15.1. The largest absolute Gasteiger partial charge is 0.508 e. The Labute approximate surface area is 132 Å². The summed E-state index contributed by atoms with van der Waals surface area (Å²) in [5, 5.41) is 14.4. The van der Waals surface area contributed by atoms with E-state index in [2.05, 4.69) is 5.32 Å². The van der Waals surface area contributed by atoms with E-state index in [-0.39, 0.29) is 11.7 Å². The molecule has 0 fully saturated rings. The minimum absolute atomic E-state index is 0.0427. The van der Waals surface area contributed by atoms with Gasteiger partial charge in [-0.15, -0.1) is 0 Å². The van der Waals surface area contributed by atoms with Gasteiger partial charge in [-0.1, -0.05) is 12.1 Å². The van der Waals surface area contributed by atoms with Gasteiger partial charge in [0.15, 0.2) is 0 Å². The quantitative estimate of drug-likeness (QED) is 0.441. The van der Waals surface area contributed by atoms with Crippen molar-refractivity contribution in [3.8, 4) is 5.75 Å². The van der Waals surface area contributed by atoms with Gasteiger partial charge < -0.3 is 14.8 Å². The van der Waals surface area contributed by atoms with Gasteiger partial charge in [-0.2, -0.15) is 0 Å². The fourth-order valence-corrected chi connectivity index (χ4v) is 2.68. The molecular weight excluding hydrogens is 294 g/mol. The van der Waals surface area contributed by atoms with Crippen molar-refractivity contribution in [1.29, 1.82) is 0 Å². The molecule has 2 N–H and O–H groups in total. The van der Waals surface area contributed by atoms with Crippen LogP contribution < -0.4 is 10.9 Å². The fourth-order valence-electron chi connectivity index (χ4n) is 2.68. The monoisotopic (exact) mass is 311 g/mol. The summed E-state index contributed by atoms with van der Waals surface area (Å²) < 4.78 is 5.30. The normalized spacial score (nSPS) is 11.0. The number of carbonyl (C=O) groups is 1. The van der Waals surface area contributed by atoms with Gasteiger partial charge in [-0.05, 0) is 42.0 Å². The highest BCUT2D eigenvalue weighted by Gasteiger charge is 2.09. The summed E-state index contributed by atoms with van der Waals surface area (Å²) in [5.74, 6) is 0.0217. The van der Waals surface area contributed by atoms with Crippen LogP contribution in [0.2, 0.25) is 0 Å². The highest BCUT2D eigenvalue weighted by molar-refractivity contribution is 6.04. The van der Waals surface area contributed by atoms with Crippen molar-refractivity contribution in [1.82, 2.24) is 5.32 Å². The number of nitrogens with one attached hydrogen (secondary N) is 1. The summed E-state index contributed by atoms with van der Waals surface area (Å²) in [7, 11) is 0. The van der Waals surface area contributed by atoms with Crippen LogP contribution in [0.4, 0.5) is 0 Å². The number of benzene rings is 2. The maximum absolute atomic E-state index is 12.2. The average Bonchev–Trinajstić information content (AvgIpc) is 2.51. The van der Waals surface area contributed by atoms with Crippen molar-refractivity contribution in [3.63, 3.8) is 0 Å². The SMILES string of the molecule is CC(=O)NCCCc1ccc2c(c1)c(=O)oc1cc(O)ccc12. The van der Waals surface area contributed by atoms with Crippen LogP contribution in [0.1, 0.15) is 18.9 Å². The molecule has 5 heteroatoms. The van der Waals surface area contributed by atoms with Gasteiger partial charge in [0, 0.05) is 24.9 Å². The molecule has 1 aromatic heterocycles. The van der Waals surface area contributed by atoms with Crippen molar-refractivity contribution in [3.05, 3.63) is 52.4 Å². The fraction of sp³-hybridized carbons (Fsp3) is 0.222. The van der Waals surface area contributed by atoms with E-state index < -0.39 is 5.63 Å². The van der Waals surface area contributed by atoms with Gasteiger partial charge in [-0.25, -0.2) is 4.79 Å². The minimum Gasteiger partial charge on any atom is -0.508 e. The van der Waals surface area contributed by atoms with Crippen molar-refractivity contribution in [2.75, 3.05) is 6.54 Å². The van der Waals surface area contributed by atoms with Crippen LogP contribution in [0.15, 0.2) is 45.6 Å². The molecule has 0 saturated heterocycles. The number of hydrogen-bond acceptors (Lipinski definition) is 4. The van der Waals surface area contributed by atoms with Crippen LogP contribution in [0.3, 0.4) is 0 Å². The summed E-state index contributed by atoms with van der Waals surface area (Å²) >= 11 is 0. The van der Waals surface area contributed by atoms with Gasteiger partial charge in [-0.3, -0.25) is 4.79 Å². The first-order chi connectivity index (χ1) is 11.0. The molecule has 0 unspecified atom stereocenters. The molecule has 118 valence electrons. The van der Waals surface area contributed by atoms with E-state index in [1.165, 1.54) is 13.0 Å². The van der Waals surface area contributed by atoms with Gasteiger partial charge in [0.25, 0.3) is 0 Å². The summed E-state index contributed by atoms with van der Waals surface area (Å²) in [6, 6.07) is 10.5. The molecule has 0 radical (unpaired) electrons. The van der Waals surface area contributed by atoms with E-state index in [0.717, 1.165) is 29.2 Å². The Morgan fingerprint density at radius 2 is 1.91 bits per heavy atom. The predicted octanol–water partition coefficient (Wildman–Crippen LogP) is 2.72.